The number of fused-ring (bicyclic) bond motifs is 3. The van der Waals surface area contributed by atoms with Crippen LogP contribution in [0.4, 0.5) is 0 Å². The Morgan fingerprint density at radius 3 is 2.77 bits per heavy atom. The van der Waals surface area contributed by atoms with Gasteiger partial charge in [-0.05, 0) is 74.9 Å². The number of hydrogen-bond donors (Lipinski definition) is 0. The van der Waals surface area contributed by atoms with Gasteiger partial charge in [0.15, 0.2) is 11.5 Å². The van der Waals surface area contributed by atoms with Crippen LogP contribution in [0.15, 0.2) is 36.4 Å². The summed E-state index contributed by atoms with van der Waals surface area (Å²) in [5.41, 5.74) is 7.27. The molecule has 1 aromatic heterocycles. The first-order valence-electron chi connectivity index (χ1n) is 11.3. The molecule has 30 heavy (non-hydrogen) atoms. The van der Waals surface area contributed by atoms with Crippen molar-refractivity contribution in [3.05, 3.63) is 58.8 Å². The maximum Gasteiger partial charge on any atom is 0.161 e. The smallest absolute Gasteiger partial charge is 0.161 e. The highest BCUT2D eigenvalue weighted by atomic mass is 16.5. The molecular formula is C26H32N2O2. The molecule has 2 heterocycles. The van der Waals surface area contributed by atoms with E-state index in [1.54, 1.807) is 18.4 Å². The quantitative estimate of drug-likeness (QED) is 0.550. The number of aryl methyl sites for hydroxylation is 3. The average Bonchev–Trinajstić information content (AvgIpc) is 2.94. The highest BCUT2D eigenvalue weighted by Crippen LogP contribution is 2.43. The van der Waals surface area contributed by atoms with Gasteiger partial charge in [-0.3, -0.25) is 4.90 Å². The van der Waals surface area contributed by atoms with Crippen molar-refractivity contribution in [3.8, 4) is 11.5 Å². The zero-order chi connectivity index (χ0) is 20.7. The molecule has 2 aromatic carbocycles. The summed E-state index contributed by atoms with van der Waals surface area (Å²) in [6.45, 7) is 8.08. The third kappa shape index (κ3) is 3.27. The largest absolute Gasteiger partial charge is 0.493 e. The van der Waals surface area contributed by atoms with Gasteiger partial charge in [0, 0.05) is 36.2 Å². The van der Waals surface area contributed by atoms with Gasteiger partial charge >= 0.3 is 0 Å². The van der Waals surface area contributed by atoms with Crippen LogP contribution in [-0.4, -0.2) is 29.7 Å². The van der Waals surface area contributed by atoms with Gasteiger partial charge in [-0.15, -0.1) is 0 Å². The lowest BCUT2D eigenvalue weighted by Crippen LogP contribution is -2.31. The highest BCUT2D eigenvalue weighted by molar-refractivity contribution is 5.87. The van der Waals surface area contributed by atoms with E-state index in [0.717, 1.165) is 31.1 Å². The van der Waals surface area contributed by atoms with E-state index in [4.69, 9.17) is 9.47 Å². The molecule has 0 fully saturated rings. The molecule has 0 saturated carbocycles. The van der Waals surface area contributed by atoms with Crippen LogP contribution in [0.2, 0.25) is 0 Å². The molecule has 0 radical (unpaired) electrons. The average molecular weight is 405 g/mol. The van der Waals surface area contributed by atoms with Crippen LogP contribution in [0.25, 0.3) is 10.9 Å². The third-order valence-electron chi connectivity index (χ3n) is 6.77. The van der Waals surface area contributed by atoms with Crippen molar-refractivity contribution in [2.75, 3.05) is 20.3 Å². The first kappa shape index (κ1) is 19.5. The van der Waals surface area contributed by atoms with Gasteiger partial charge in [-0.1, -0.05) is 17.7 Å². The molecule has 0 unspecified atom stereocenters. The molecule has 5 rings (SSSR count). The SMILES string of the molecule is CCOc1cc(CN2CCCn3c4c(c5cc(C)ccc53)CCC[C@@H]42)ccc1OC. The van der Waals surface area contributed by atoms with E-state index < -0.39 is 0 Å². The number of methoxy groups -OCH3 is 1. The topological polar surface area (TPSA) is 26.6 Å². The molecule has 158 valence electrons. The van der Waals surface area contributed by atoms with Gasteiger partial charge in [-0.25, -0.2) is 0 Å². The minimum Gasteiger partial charge on any atom is -0.493 e. The lowest BCUT2D eigenvalue weighted by atomic mass is 9.90. The van der Waals surface area contributed by atoms with E-state index in [-0.39, 0.29) is 0 Å². The number of rotatable bonds is 5. The molecule has 2 aliphatic rings. The summed E-state index contributed by atoms with van der Waals surface area (Å²) in [4.78, 5) is 2.70. The lowest BCUT2D eigenvalue weighted by molar-refractivity contribution is 0.173. The van der Waals surface area contributed by atoms with Gasteiger partial charge in [0.1, 0.15) is 0 Å². The molecule has 0 N–H and O–H groups in total. The highest BCUT2D eigenvalue weighted by Gasteiger charge is 2.33. The van der Waals surface area contributed by atoms with Crippen LogP contribution < -0.4 is 9.47 Å². The fourth-order valence-electron chi connectivity index (χ4n) is 5.51. The van der Waals surface area contributed by atoms with Crippen LogP contribution in [0.3, 0.4) is 0 Å². The van der Waals surface area contributed by atoms with Crippen LogP contribution >= 0.6 is 0 Å². The Morgan fingerprint density at radius 1 is 1.03 bits per heavy atom. The molecule has 0 saturated heterocycles. The van der Waals surface area contributed by atoms with Crippen molar-refractivity contribution in [2.45, 2.75) is 58.7 Å². The van der Waals surface area contributed by atoms with Crippen LogP contribution in [0.1, 0.15) is 54.6 Å². The fourth-order valence-corrected chi connectivity index (χ4v) is 5.51. The van der Waals surface area contributed by atoms with Gasteiger partial charge < -0.3 is 14.0 Å². The Labute approximate surface area is 179 Å². The summed E-state index contributed by atoms with van der Waals surface area (Å²) in [6.07, 6.45) is 4.92. The Hall–Kier alpha value is -2.46. The van der Waals surface area contributed by atoms with Crippen molar-refractivity contribution in [3.63, 3.8) is 0 Å². The van der Waals surface area contributed by atoms with Crippen LogP contribution in [0.5, 0.6) is 11.5 Å². The number of benzene rings is 2. The Morgan fingerprint density at radius 2 is 1.93 bits per heavy atom. The predicted octanol–water partition coefficient (Wildman–Crippen LogP) is 5.64. The minimum absolute atomic E-state index is 0.501. The summed E-state index contributed by atoms with van der Waals surface area (Å²) in [6, 6.07) is 13.9. The van der Waals surface area contributed by atoms with E-state index in [9.17, 15) is 0 Å². The molecule has 1 aliphatic heterocycles. The van der Waals surface area contributed by atoms with Crippen molar-refractivity contribution in [1.29, 1.82) is 0 Å². The molecule has 4 heteroatoms. The van der Waals surface area contributed by atoms with Crippen LogP contribution in [0, 0.1) is 6.92 Å². The maximum absolute atomic E-state index is 5.83. The summed E-state index contributed by atoms with van der Waals surface area (Å²) < 4.78 is 13.9. The molecular weight excluding hydrogens is 372 g/mol. The van der Waals surface area contributed by atoms with Crippen molar-refractivity contribution in [2.24, 2.45) is 0 Å². The van der Waals surface area contributed by atoms with E-state index in [2.05, 4.69) is 46.7 Å². The Kier molecular flexibility index (Phi) is 5.20. The van der Waals surface area contributed by atoms with E-state index in [1.165, 1.54) is 47.7 Å². The van der Waals surface area contributed by atoms with E-state index >= 15 is 0 Å². The van der Waals surface area contributed by atoms with Crippen LogP contribution in [-0.2, 0) is 19.5 Å². The Balaban J connectivity index is 1.52. The second-order valence-electron chi connectivity index (χ2n) is 8.69. The number of hydrogen-bond acceptors (Lipinski definition) is 3. The third-order valence-corrected chi connectivity index (χ3v) is 6.77. The summed E-state index contributed by atoms with van der Waals surface area (Å²) >= 11 is 0. The number of aromatic nitrogens is 1. The normalized spacial score (nSPS) is 18.8. The monoisotopic (exact) mass is 404 g/mol. The van der Waals surface area contributed by atoms with Gasteiger partial charge in [-0.2, -0.15) is 0 Å². The fraction of sp³-hybridized carbons (Fsp3) is 0.462. The standard InChI is InChI=1S/C26H32N2O2/c1-4-30-25-16-19(10-12-24(25)29-3)17-27-13-6-14-28-22-11-9-18(2)15-21(22)20-7-5-8-23(27)26(20)28/h9-12,15-16,23H,4-8,13-14,17H2,1-3H3/t23-/m0/s1. The molecule has 0 spiro atoms. The summed E-state index contributed by atoms with van der Waals surface area (Å²) in [5, 5.41) is 1.49. The molecule has 0 bridgehead atoms. The van der Waals surface area contributed by atoms with Gasteiger partial charge in [0.25, 0.3) is 0 Å². The summed E-state index contributed by atoms with van der Waals surface area (Å²) in [7, 11) is 1.70. The second-order valence-corrected chi connectivity index (χ2v) is 8.69. The zero-order valence-corrected chi connectivity index (χ0v) is 18.4. The molecule has 1 aliphatic carbocycles. The van der Waals surface area contributed by atoms with E-state index in [1.807, 2.05) is 13.0 Å². The van der Waals surface area contributed by atoms with Crippen molar-refractivity contribution in [1.82, 2.24) is 9.47 Å². The summed E-state index contributed by atoms with van der Waals surface area (Å²) in [5.74, 6) is 1.66. The van der Waals surface area contributed by atoms with Crippen molar-refractivity contribution >= 4 is 10.9 Å². The first-order valence-corrected chi connectivity index (χ1v) is 11.3. The second kappa shape index (κ2) is 7.99. The first-order chi connectivity index (χ1) is 14.7. The number of nitrogens with zero attached hydrogens (tertiary/aromatic N) is 2. The Bertz CT molecular complexity index is 1060. The molecule has 3 aromatic rings. The molecule has 4 nitrogen and oxygen atoms in total. The molecule has 0 amide bonds. The maximum atomic E-state index is 5.83. The minimum atomic E-state index is 0.501. The van der Waals surface area contributed by atoms with Gasteiger partial charge in [0.2, 0.25) is 0 Å². The van der Waals surface area contributed by atoms with Gasteiger partial charge in [0.05, 0.1) is 19.8 Å². The lowest BCUT2D eigenvalue weighted by Gasteiger charge is -2.34. The zero-order valence-electron chi connectivity index (χ0n) is 18.4. The van der Waals surface area contributed by atoms with Crippen molar-refractivity contribution < 1.29 is 9.47 Å². The predicted molar refractivity (Wildman–Crippen MR) is 122 cm³/mol. The van der Waals surface area contributed by atoms with E-state index in [0.29, 0.717) is 12.6 Å². The molecule has 1 atom stereocenters. The number of ether oxygens (including phenoxy) is 2.